The number of methoxy groups -OCH3 is 2. The van der Waals surface area contributed by atoms with E-state index in [4.69, 9.17) is 21.1 Å². The summed E-state index contributed by atoms with van der Waals surface area (Å²) < 4.78 is 9.86. The Hall–Kier alpha value is -1.91. The fraction of sp³-hybridized carbons (Fsp3) is 0.167. The van der Waals surface area contributed by atoms with Crippen LogP contribution in [-0.4, -0.2) is 20.2 Å². The van der Waals surface area contributed by atoms with E-state index in [0.29, 0.717) is 5.57 Å². The van der Waals surface area contributed by atoms with Crippen LogP contribution in [-0.2, 0) is 20.0 Å². The van der Waals surface area contributed by atoms with Gasteiger partial charge in [0.05, 0.1) is 20.5 Å². The van der Waals surface area contributed by atoms with Crippen LogP contribution in [0.4, 0.5) is 0 Å². The van der Waals surface area contributed by atoms with Crippen molar-refractivity contribution >= 4 is 34.9 Å². The molecule has 2 rings (SSSR count). The van der Waals surface area contributed by atoms with E-state index in [1.165, 1.54) is 20.5 Å². The van der Waals surface area contributed by atoms with Crippen LogP contribution in [0.5, 0.6) is 0 Å². The Kier molecular flexibility index (Phi) is 6.56. The molecule has 0 amide bonds. The first-order chi connectivity index (χ1) is 11.2. The summed E-state index contributed by atoms with van der Waals surface area (Å²) in [5.41, 5.74) is 2.35. The Bertz CT molecular complexity index is 696. The van der Waals surface area contributed by atoms with Gasteiger partial charge in [0.1, 0.15) is 5.57 Å². The normalized spacial score (nSPS) is 11.2. The molecule has 5 heteroatoms. The molecule has 2 aromatic carbocycles. The first-order valence-corrected chi connectivity index (χ1v) is 8.30. The molecule has 0 radical (unpaired) electrons. The van der Waals surface area contributed by atoms with Crippen molar-refractivity contribution in [1.82, 2.24) is 0 Å². The second-order valence-corrected chi connectivity index (χ2v) is 6.12. The van der Waals surface area contributed by atoms with E-state index >= 15 is 0 Å². The summed E-state index contributed by atoms with van der Waals surface area (Å²) in [4.78, 5) is 13.0. The maximum Gasteiger partial charge on any atom is 0.341 e. The summed E-state index contributed by atoms with van der Waals surface area (Å²) in [5, 5.41) is 0.718. The van der Waals surface area contributed by atoms with Gasteiger partial charge in [-0.3, -0.25) is 0 Å². The molecule has 23 heavy (non-hydrogen) atoms. The third kappa shape index (κ3) is 4.78. The molecule has 0 unspecified atom stereocenters. The van der Waals surface area contributed by atoms with Gasteiger partial charge in [0.15, 0.2) is 0 Å². The van der Waals surface area contributed by atoms with Gasteiger partial charge in [-0.05, 0) is 23.8 Å². The molecule has 0 aliphatic carbocycles. The van der Waals surface area contributed by atoms with Crippen molar-refractivity contribution in [3.63, 3.8) is 0 Å². The van der Waals surface area contributed by atoms with Crippen LogP contribution in [0, 0.1) is 0 Å². The van der Waals surface area contributed by atoms with Gasteiger partial charge in [0.2, 0.25) is 0 Å². The quantitative estimate of drug-likeness (QED) is 0.325. The van der Waals surface area contributed by atoms with Gasteiger partial charge in [-0.25, -0.2) is 4.79 Å². The number of hydrogen-bond donors (Lipinski definition) is 0. The summed E-state index contributed by atoms with van der Waals surface area (Å²) in [6, 6.07) is 15.4. The number of rotatable bonds is 6. The van der Waals surface area contributed by atoms with E-state index in [0.717, 1.165) is 26.8 Å². The molecule has 0 aliphatic rings. The lowest BCUT2D eigenvalue weighted by atomic mass is 10.1. The molecule has 120 valence electrons. The summed E-state index contributed by atoms with van der Waals surface area (Å²) in [5.74, 6) is 0.349. The smallest absolute Gasteiger partial charge is 0.341 e. The molecule has 0 N–H and O–H groups in total. The third-order valence-electron chi connectivity index (χ3n) is 3.13. The monoisotopic (exact) mass is 348 g/mol. The minimum atomic E-state index is -0.425. The van der Waals surface area contributed by atoms with Crippen molar-refractivity contribution in [1.29, 1.82) is 0 Å². The zero-order chi connectivity index (χ0) is 16.7. The molecule has 0 spiro atoms. The zero-order valence-corrected chi connectivity index (χ0v) is 14.5. The van der Waals surface area contributed by atoms with Crippen LogP contribution in [0.2, 0.25) is 5.02 Å². The number of hydrogen-bond acceptors (Lipinski definition) is 4. The number of halogens is 1. The lowest BCUT2D eigenvalue weighted by Crippen LogP contribution is -2.05. The molecule has 0 bridgehead atoms. The van der Waals surface area contributed by atoms with E-state index in [1.807, 2.05) is 48.5 Å². The van der Waals surface area contributed by atoms with Gasteiger partial charge in [-0.2, -0.15) is 0 Å². The molecule has 0 fully saturated rings. The highest BCUT2D eigenvalue weighted by molar-refractivity contribution is 7.98. The predicted octanol–water partition coefficient (Wildman–Crippen LogP) is 4.79. The molecule has 0 saturated carbocycles. The molecule has 2 aromatic rings. The van der Waals surface area contributed by atoms with Crippen molar-refractivity contribution in [3.05, 3.63) is 70.9 Å². The summed E-state index contributed by atoms with van der Waals surface area (Å²) in [7, 11) is 2.86. The Morgan fingerprint density at radius 1 is 1.13 bits per heavy atom. The van der Waals surface area contributed by atoms with Crippen molar-refractivity contribution in [2.24, 2.45) is 0 Å². The van der Waals surface area contributed by atoms with E-state index in [1.54, 1.807) is 11.8 Å². The molecule has 3 nitrogen and oxygen atoms in total. The second-order valence-electron chi connectivity index (χ2n) is 4.67. The van der Waals surface area contributed by atoms with Gasteiger partial charge in [0, 0.05) is 21.2 Å². The van der Waals surface area contributed by atoms with E-state index in [9.17, 15) is 4.79 Å². The Labute approximate surface area is 145 Å². The van der Waals surface area contributed by atoms with Crippen LogP contribution < -0.4 is 0 Å². The number of carbonyl (C=O) groups excluding carboxylic acids is 1. The first kappa shape index (κ1) is 17.4. The Morgan fingerprint density at radius 3 is 2.48 bits per heavy atom. The van der Waals surface area contributed by atoms with Gasteiger partial charge in [-0.15, -0.1) is 11.8 Å². The number of carbonyl (C=O) groups is 1. The summed E-state index contributed by atoms with van der Waals surface area (Å²) in [6.07, 6.45) is 1.41. The third-order valence-corrected chi connectivity index (χ3v) is 4.52. The molecular formula is C18H17ClO3S. The SMILES string of the molecule is COC=C(C(=O)OC)c1ccccc1SCc1ccc(Cl)cc1. The van der Waals surface area contributed by atoms with Gasteiger partial charge >= 0.3 is 5.97 Å². The van der Waals surface area contributed by atoms with Crippen molar-refractivity contribution in [2.75, 3.05) is 14.2 Å². The standard InChI is InChI=1S/C18H17ClO3S/c1-21-11-16(18(20)22-2)15-5-3-4-6-17(15)23-12-13-7-9-14(19)10-8-13/h3-11H,12H2,1-2H3. The lowest BCUT2D eigenvalue weighted by Gasteiger charge is -2.11. The maximum absolute atomic E-state index is 12.0. The molecule has 0 atom stereocenters. The predicted molar refractivity (Wildman–Crippen MR) is 94.5 cm³/mol. The number of ether oxygens (including phenoxy) is 2. The minimum absolute atomic E-state index is 0.397. The number of thioether (sulfide) groups is 1. The van der Waals surface area contributed by atoms with Crippen molar-refractivity contribution < 1.29 is 14.3 Å². The van der Waals surface area contributed by atoms with Crippen molar-refractivity contribution in [3.8, 4) is 0 Å². The molecule has 0 saturated heterocycles. The van der Waals surface area contributed by atoms with Gasteiger partial charge in [0.25, 0.3) is 0 Å². The van der Waals surface area contributed by atoms with Crippen LogP contribution in [0.15, 0.2) is 59.7 Å². The van der Waals surface area contributed by atoms with E-state index < -0.39 is 5.97 Å². The highest BCUT2D eigenvalue weighted by Crippen LogP contribution is 2.31. The molecule has 0 aliphatic heterocycles. The highest BCUT2D eigenvalue weighted by Gasteiger charge is 2.16. The van der Waals surface area contributed by atoms with Crippen LogP contribution in [0.3, 0.4) is 0 Å². The van der Waals surface area contributed by atoms with E-state index in [2.05, 4.69) is 0 Å². The Morgan fingerprint density at radius 2 is 1.83 bits per heavy atom. The topological polar surface area (TPSA) is 35.5 Å². The van der Waals surface area contributed by atoms with Crippen LogP contribution in [0.25, 0.3) is 5.57 Å². The summed E-state index contributed by atoms with van der Waals surface area (Å²) in [6.45, 7) is 0. The number of esters is 1. The fourth-order valence-corrected chi connectivity index (χ4v) is 3.15. The zero-order valence-electron chi connectivity index (χ0n) is 12.9. The van der Waals surface area contributed by atoms with Crippen LogP contribution >= 0.6 is 23.4 Å². The van der Waals surface area contributed by atoms with Gasteiger partial charge < -0.3 is 9.47 Å². The average molecular weight is 349 g/mol. The summed E-state index contributed by atoms with van der Waals surface area (Å²) >= 11 is 7.54. The fourth-order valence-electron chi connectivity index (χ4n) is 2.01. The van der Waals surface area contributed by atoms with Crippen LogP contribution in [0.1, 0.15) is 11.1 Å². The van der Waals surface area contributed by atoms with E-state index in [-0.39, 0.29) is 0 Å². The lowest BCUT2D eigenvalue weighted by molar-refractivity contribution is -0.133. The first-order valence-electron chi connectivity index (χ1n) is 6.93. The largest absolute Gasteiger partial charge is 0.503 e. The molecule has 0 heterocycles. The molecule has 0 aromatic heterocycles. The second kappa shape index (κ2) is 8.65. The minimum Gasteiger partial charge on any atom is -0.503 e. The Balaban J connectivity index is 2.24. The highest BCUT2D eigenvalue weighted by atomic mass is 35.5. The average Bonchev–Trinajstić information content (AvgIpc) is 2.59. The van der Waals surface area contributed by atoms with Crippen molar-refractivity contribution in [2.45, 2.75) is 10.6 Å². The number of benzene rings is 2. The molecular weight excluding hydrogens is 332 g/mol. The van der Waals surface area contributed by atoms with Gasteiger partial charge in [-0.1, -0.05) is 41.9 Å². The maximum atomic E-state index is 12.0.